The monoisotopic (exact) mass is 432 g/mol. The zero-order valence-corrected chi connectivity index (χ0v) is 19.3. The van der Waals surface area contributed by atoms with Gasteiger partial charge in [-0.05, 0) is 31.5 Å². The van der Waals surface area contributed by atoms with Crippen LogP contribution < -0.4 is 10.2 Å². The quantitative estimate of drug-likeness (QED) is 0.532. The predicted molar refractivity (Wildman–Crippen MR) is 121 cm³/mol. The lowest BCUT2D eigenvalue weighted by atomic mass is 10.2. The molecule has 0 saturated carbocycles. The van der Waals surface area contributed by atoms with Crippen LogP contribution in [0.4, 0.5) is 5.82 Å². The summed E-state index contributed by atoms with van der Waals surface area (Å²) in [5.74, 6) is 1.82. The number of rotatable bonds is 7. The molecular weight excluding hydrogens is 400 g/mol. The Balaban J connectivity index is 1.57. The largest absolute Gasteiger partial charge is 0.375 e. The van der Waals surface area contributed by atoms with Gasteiger partial charge in [-0.1, -0.05) is 0 Å². The van der Waals surface area contributed by atoms with E-state index in [-0.39, 0.29) is 12.2 Å². The van der Waals surface area contributed by atoms with Gasteiger partial charge in [-0.2, -0.15) is 0 Å². The van der Waals surface area contributed by atoms with Crippen LogP contribution in [0.1, 0.15) is 36.2 Å². The zero-order chi connectivity index (χ0) is 21.5. The lowest BCUT2D eigenvalue weighted by molar-refractivity contribution is 0.0529. The first-order valence-corrected chi connectivity index (χ1v) is 11.1. The molecule has 1 aliphatic rings. The van der Waals surface area contributed by atoms with E-state index in [9.17, 15) is 0 Å². The molecule has 8 nitrogen and oxygen atoms in total. The predicted octanol–water partition coefficient (Wildman–Crippen LogP) is 2.68. The van der Waals surface area contributed by atoms with E-state index in [1.165, 1.54) is 5.56 Å². The number of aromatic nitrogens is 2. The molecular formula is C21H32N6O2S. The molecule has 0 spiro atoms. The third kappa shape index (κ3) is 5.90. The van der Waals surface area contributed by atoms with Crippen molar-refractivity contribution in [2.24, 2.45) is 4.99 Å². The Hall–Kier alpha value is -2.23. The van der Waals surface area contributed by atoms with Gasteiger partial charge in [0.25, 0.3) is 0 Å². The molecule has 3 heterocycles. The number of morpholine rings is 1. The molecule has 2 aromatic rings. The van der Waals surface area contributed by atoms with Crippen molar-refractivity contribution in [3.05, 3.63) is 40.0 Å². The fraction of sp³-hybridized carbons (Fsp3) is 0.571. The van der Waals surface area contributed by atoms with Gasteiger partial charge in [0.2, 0.25) is 0 Å². The Morgan fingerprint density at radius 1 is 1.53 bits per heavy atom. The molecule has 1 aliphatic heterocycles. The molecule has 2 aromatic heterocycles. The van der Waals surface area contributed by atoms with Crippen LogP contribution in [-0.2, 0) is 22.6 Å². The summed E-state index contributed by atoms with van der Waals surface area (Å²) in [7, 11) is 5.51. The molecule has 2 atom stereocenters. The van der Waals surface area contributed by atoms with Crippen LogP contribution in [0.5, 0.6) is 0 Å². The second-order valence-electron chi connectivity index (χ2n) is 7.46. The minimum atomic E-state index is 0.0156. The van der Waals surface area contributed by atoms with Crippen molar-refractivity contribution in [2.75, 3.05) is 45.8 Å². The van der Waals surface area contributed by atoms with E-state index >= 15 is 0 Å². The molecule has 30 heavy (non-hydrogen) atoms. The number of ether oxygens (including phenoxy) is 2. The van der Waals surface area contributed by atoms with Crippen LogP contribution in [0.15, 0.2) is 28.7 Å². The van der Waals surface area contributed by atoms with Crippen LogP contribution in [0.2, 0.25) is 0 Å². The minimum Gasteiger partial charge on any atom is -0.375 e. The normalized spacial score (nSPS) is 18.4. The molecule has 3 rings (SSSR count). The van der Waals surface area contributed by atoms with E-state index < -0.39 is 0 Å². The molecule has 2 unspecified atom stereocenters. The number of guanidine groups is 1. The van der Waals surface area contributed by atoms with E-state index in [1.54, 1.807) is 25.5 Å². The number of hydrogen-bond donors (Lipinski definition) is 1. The molecule has 0 aromatic carbocycles. The SMILES string of the molecule is CN=C(NCc1ccnc(N2CCOC(C)C2)c1)N(C)Cc1csc(C(C)OC)n1. The highest BCUT2D eigenvalue weighted by Crippen LogP contribution is 2.21. The van der Waals surface area contributed by atoms with Crippen molar-refractivity contribution < 1.29 is 9.47 Å². The number of anilines is 1. The molecule has 1 fully saturated rings. The minimum absolute atomic E-state index is 0.0156. The van der Waals surface area contributed by atoms with Gasteiger partial charge < -0.3 is 24.6 Å². The van der Waals surface area contributed by atoms with Crippen LogP contribution in [0, 0.1) is 0 Å². The number of nitrogens with one attached hydrogen (secondary N) is 1. The number of methoxy groups -OCH3 is 1. The Labute approximate surface area is 182 Å². The number of pyridine rings is 1. The zero-order valence-electron chi connectivity index (χ0n) is 18.5. The Morgan fingerprint density at radius 3 is 3.10 bits per heavy atom. The van der Waals surface area contributed by atoms with E-state index in [0.29, 0.717) is 13.1 Å². The maximum atomic E-state index is 5.63. The fourth-order valence-corrected chi connectivity index (χ4v) is 4.18. The average Bonchev–Trinajstić information content (AvgIpc) is 3.22. The molecule has 1 saturated heterocycles. The molecule has 1 N–H and O–H groups in total. The number of aliphatic imine (C=N–C) groups is 1. The van der Waals surface area contributed by atoms with Crippen molar-refractivity contribution in [3.8, 4) is 0 Å². The summed E-state index contributed by atoms with van der Waals surface area (Å²) in [6.45, 7) is 7.94. The summed E-state index contributed by atoms with van der Waals surface area (Å²) < 4.78 is 11.0. The van der Waals surface area contributed by atoms with Gasteiger partial charge in [0, 0.05) is 52.4 Å². The van der Waals surface area contributed by atoms with Gasteiger partial charge in [-0.25, -0.2) is 9.97 Å². The number of hydrogen-bond acceptors (Lipinski definition) is 7. The van der Waals surface area contributed by atoms with Gasteiger partial charge in [0.1, 0.15) is 16.9 Å². The van der Waals surface area contributed by atoms with Crippen molar-refractivity contribution in [2.45, 2.75) is 39.1 Å². The van der Waals surface area contributed by atoms with E-state index in [4.69, 9.17) is 9.47 Å². The van der Waals surface area contributed by atoms with E-state index in [1.807, 2.05) is 26.2 Å². The summed E-state index contributed by atoms with van der Waals surface area (Å²) >= 11 is 1.63. The highest BCUT2D eigenvalue weighted by molar-refractivity contribution is 7.09. The molecule has 9 heteroatoms. The smallest absolute Gasteiger partial charge is 0.194 e. The molecule has 0 amide bonds. The van der Waals surface area contributed by atoms with Crippen LogP contribution in [0.3, 0.4) is 0 Å². The van der Waals surface area contributed by atoms with Crippen LogP contribution >= 0.6 is 11.3 Å². The highest BCUT2D eigenvalue weighted by Gasteiger charge is 2.18. The first kappa shape index (κ1) is 22.5. The molecule has 164 valence electrons. The van der Waals surface area contributed by atoms with E-state index in [2.05, 4.69) is 48.4 Å². The average molecular weight is 433 g/mol. The first-order chi connectivity index (χ1) is 14.5. The highest BCUT2D eigenvalue weighted by atomic mass is 32.1. The second kappa shape index (κ2) is 10.7. The van der Waals surface area contributed by atoms with Crippen molar-refractivity contribution in [1.82, 2.24) is 20.2 Å². The molecule has 0 bridgehead atoms. The first-order valence-electron chi connectivity index (χ1n) is 10.2. The van der Waals surface area contributed by atoms with Gasteiger partial charge in [0.15, 0.2) is 5.96 Å². The number of nitrogens with zero attached hydrogens (tertiary/aromatic N) is 5. The Morgan fingerprint density at radius 2 is 2.37 bits per heavy atom. The second-order valence-corrected chi connectivity index (χ2v) is 8.35. The van der Waals surface area contributed by atoms with Crippen LogP contribution in [-0.4, -0.2) is 67.8 Å². The summed E-state index contributed by atoms with van der Waals surface area (Å²) in [6, 6.07) is 4.17. The molecule has 0 radical (unpaired) electrons. The lowest BCUT2D eigenvalue weighted by Gasteiger charge is -2.32. The van der Waals surface area contributed by atoms with Crippen molar-refractivity contribution in [1.29, 1.82) is 0 Å². The maximum absolute atomic E-state index is 5.63. The summed E-state index contributed by atoms with van der Waals surface area (Å²) in [5.41, 5.74) is 2.18. The van der Waals surface area contributed by atoms with Gasteiger partial charge in [0.05, 0.1) is 24.9 Å². The van der Waals surface area contributed by atoms with E-state index in [0.717, 1.165) is 42.2 Å². The van der Waals surface area contributed by atoms with Gasteiger partial charge in [-0.3, -0.25) is 4.99 Å². The summed E-state index contributed by atoms with van der Waals surface area (Å²) in [5, 5.41) is 6.51. The van der Waals surface area contributed by atoms with Crippen molar-refractivity contribution >= 4 is 23.1 Å². The third-order valence-electron chi connectivity index (χ3n) is 5.07. The molecule has 0 aliphatic carbocycles. The van der Waals surface area contributed by atoms with Crippen LogP contribution in [0.25, 0.3) is 0 Å². The summed E-state index contributed by atoms with van der Waals surface area (Å²) in [4.78, 5) is 18.0. The number of thiazole rings is 1. The Bertz CT molecular complexity index is 842. The lowest BCUT2D eigenvalue weighted by Crippen LogP contribution is -2.41. The summed E-state index contributed by atoms with van der Waals surface area (Å²) in [6.07, 6.45) is 2.11. The van der Waals surface area contributed by atoms with Crippen molar-refractivity contribution in [3.63, 3.8) is 0 Å². The maximum Gasteiger partial charge on any atom is 0.194 e. The van der Waals surface area contributed by atoms with Gasteiger partial charge >= 0.3 is 0 Å². The Kier molecular flexibility index (Phi) is 8.01. The standard InChI is InChI=1S/C21H32N6O2S/c1-15-12-27(8-9-29-15)19-10-17(6-7-23-19)11-24-21(22-3)26(4)13-18-14-30-20(25-18)16(2)28-5/h6-7,10,14-16H,8-9,11-13H2,1-5H3,(H,22,24). The van der Waals surface area contributed by atoms with Gasteiger partial charge in [-0.15, -0.1) is 11.3 Å². The third-order valence-corrected chi connectivity index (χ3v) is 6.12. The topological polar surface area (TPSA) is 75.1 Å². The fourth-order valence-electron chi connectivity index (χ4n) is 3.34.